The predicted molar refractivity (Wildman–Crippen MR) is 115 cm³/mol. The number of hydrogen-bond acceptors (Lipinski definition) is 4. The van der Waals surface area contributed by atoms with E-state index in [1.165, 1.54) is 0 Å². The summed E-state index contributed by atoms with van der Waals surface area (Å²) in [6, 6.07) is 4.72. The first-order chi connectivity index (χ1) is 14.7. The molecular formula is C21H20ClF3N4OS. The molecule has 4 rings (SSSR count). The van der Waals surface area contributed by atoms with Gasteiger partial charge in [0.15, 0.2) is 0 Å². The number of carbonyl (C=O) groups is 1. The summed E-state index contributed by atoms with van der Waals surface area (Å²) in [6.45, 7) is 5.68. The molecule has 1 saturated heterocycles. The van der Waals surface area contributed by atoms with Gasteiger partial charge in [-0.15, -0.1) is 11.3 Å². The average Bonchev–Trinajstić information content (AvgIpc) is 3.36. The van der Waals surface area contributed by atoms with Crippen LogP contribution >= 0.6 is 22.9 Å². The van der Waals surface area contributed by atoms with Crippen molar-refractivity contribution < 1.29 is 18.0 Å². The number of thiophene rings is 1. The summed E-state index contributed by atoms with van der Waals surface area (Å²) >= 11 is 7.66. The number of piperazine rings is 1. The van der Waals surface area contributed by atoms with Crippen molar-refractivity contribution in [2.24, 2.45) is 0 Å². The summed E-state index contributed by atoms with van der Waals surface area (Å²) in [4.78, 5) is 22.0. The molecule has 0 saturated carbocycles. The van der Waals surface area contributed by atoms with Crippen LogP contribution < -0.4 is 4.90 Å². The van der Waals surface area contributed by atoms with Crippen molar-refractivity contribution in [3.05, 3.63) is 63.4 Å². The van der Waals surface area contributed by atoms with Crippen LogP contribution in [0.5, 0.6) is 0 Å². The number of halogens is 4. The fourth-order valence-corrected chi connectivity index (χ4v) is 5.01. The van der Waals surface area contributed by atoms with Crippen LogP contribution in [0, 0.1) is 13.8 Å². The van der Waals surface area contributed by atoms with Crippen LogP contribution in [0.2, 0.25) is 5.02 Å². The number of alkyl halides is 3. The molecule has 3 aromatic heterocycles. The van der Waals surface area contributed by atoms with E-state index in [0.717, 1.165) is 27.7 Å². The third-order valence-corrected chi connectivity index (χ3v) is 6.93. The smallest absolute Gasteiger partial charge is 0.352 e. The van der Waals surface area contributed by atoms with Crippen molar-refractivity contribution in [1.29, 1.82) is 0 Å². The lowest BCUT2D eigenvalue weighted by Gasteiger charge is -2.36. The van der Waals surface area contributed by atoms with Crippen LogP contribution in [0.1, 0.15) is 26.4 Å². The van der Waals surface area contributed by atoms with Crippen LogP contribution in [0.25, 0.3) is 5.00 Å². The molecule has 1 fully saturated rings. The number of hydrogen-bond donors (Lipinski definition) is 0. The molecule has 0 aromatic carbocycles. The molecule has 4 heterocycles. The maximum atomic E-state index is 13.3. The van der Waals surface area contributed by atoms with Gasteiger partial charge in [0, 0.05) is 49.6 Å². The van der Waals surface area contributed by atoms with Crippen molar-refractivity contribution in [2.45, 2.75) is 20.0 Å². The van der Waals surface area contributed by atoms with Crippen molar-refractivity contribution in [3.8, 4) is 5.00 Å². The van der Waals surface area contributed by atoms with Gasteiger partial charge in [0.1, 0.15) is 10.8 Å². The molecule has 0 aliphatic carbocycles. The Morgan fingerprint density at radius 3 is 2.35 bits per heavy atom. The second kappa shape index (κ2) is 8.20. The summed E-state index contributed by atoms with van der Waals surface area (Å²) in [7, 11) is 0. The minimum atomic E-state index is -4.49. The van der Waals surface area contributed by atoms with Crippen LogP contribution in [0.4, 0.5) is 19.0 Å². The summed E-state index contributed by atoms with van der Waals surface area (Å²) in [5, 5.41) is 0.841. The van der Waals surface area contributed by atoms with E-state index in [2.05, 4.69) is 4.98 Å². The lowest BCUT2D eigenvalue weighted by molar-refractivity contribution is -0.137. The van der Waals surface area contributed by atoms with E-state index in [1.807, 2.05) is 47.8 Å². The van der Waals surface area contributed by atoms with Gasteiger partial charge in [-0.2, -0.15) is 13.2 Å². The first-order valence-electron chi connectivity index (χ1n) is 9.67. The van der Waals surface area contributed by atoms with Crippen LogP contribution in [-0.2, 0) is 6.18 Å². The maximum absolute atomic E-state index is 13.3. The van der Waals surface area contributed by atoms with Gasteiger partial charge in [-0.05, 0) is 37.6 Å². The standard InChI is InChI=1S/C21H20ClF3N4OS/c1-13-14(2)31-20(29-5-3-4-6-29)17(13)19(30)28-9-7-27(8-10-28)18-16(22)11-15(12-26-18)21(23,24)25/h3-6,11-12H,7-10H2,1-2H3. The lowest BCUT2D eigenvalue weighted by atomic mass is 10.1. The van der Waals surface area contributed by atoms with E-state index in [4.69, 9.17) is 11.6 Å². The second-order valence-electron chi connectivity index (χ2n) is 7.36. The quantitative estimate of drug-likeness (QED) is 0.531. The number of aryl methyl sites for hydroxylation is 1. The normalized spacial score (nSPS) is 14.9. The number of amides is 1. The molecular weight excluding hydrogens is 449 g/mol. The molecule has 0 N–H and O–H groups in total. The van der Waals surface area contributed by atoms with E-state index in [0.29, 0.717) is 37.6 Å². The molecule has 1 amide bonds. The molecule has 0 bridgehead atoms. The predicted octanol–water partition coefficient (Wildman–Crippen LogP) is 5.19. The number of nitrogens with zero attached hydrogens (tertiary/aromatic N) is 4. The Hall–Kier alpha value is -2.52. The molecule has 164 valence electrons. The van der Waals surface area contributed by atoms with Gasteiger partial charge >= 0.3 is 6.18 Å². The summed E-state index contributed by atoms with van der Waals surface area (Å²) in [5.74, 6) is 0.258. The monoisotopic (exact) mass is 468 g/mol. The van der Waals surface area contributed by atoms with Gasteiger partial charge < -0.3 is 14.4 Å². The topological polar surface area (TPSA) is 41.4 Å². The van der Waals surface area contributed by atoms with Crippen molar-refractivity contribution >= 4 is 34.7 Å². The van der Waals surface area contributed by atoms with E-state index >= 15 is 0 Å². The summed E-state index contributed by atoms with van der Waals surface area (Å²) < 4.78 is 40.5. The van der Waals surface area contributed by atoms with Gasteiger partial charge in [-0.25, -0.2) is 4.98 Å². The lowest BCUT2D eigenvalue weighted by Crippen LogP contribution is -2.49. The highest BCUT2D eigenvalue weighted by atomic mass is 35.5. The van der Waals surface area contributed by atoms with Crippen molar-refractivity contribution in [1.82, 2.24) is 14.5 Å². The Balaban J connectivity index is 1.51. The molecule has 10 heteroatoms. The minimum Gasteiger partial charge on any atom is -0.352 e. The zero-order valence-electron chi connectivity index (χ0n) is 16.9. The van der Waals surface area contributed by atoms with Crippen LogP contribution in [0.3, 0.4) is 0 Å². The minimum absolute atomic E-state index is 0.0447. The van der Waals surface area contributed by atoms with Gasteiger partial charge in [-0.3, -0.25) is 4.79 Å². The fraction of sp³-hybridized carbons (Fsp3) is 0.333. The van der Waals surface area contributed by atoms with E-state index < -0.39 is 11.7 Å². The zero-order valence-corrected chi connectivity index (χ0v) is 18.5. The molecule has 0 spiro atoms. The molecule has 31 heavy (non-hydrogen) atoms. The van der Waals surface area contributed by atoms with Gasteiger partial charge in [0.05, 0.1) is 16.1 Å². The molecule has 0 radical (unpaired) electrons. The first kappa shape index (κ1) is 21.7. The van der Waals surface area contributed by atoms with Crippen molar-refractivity contribution in [3.63, 3.8) is 0 Å². The van der Waals surface area contributed by atoms with Crippen molar-refractivity contribution in [2.75, 3.05) is 31.1 Å². The van der Waals surface area contributed by atoms with E-state index in [-0.39, 0.29) is 10.9 Å². The molecule has 3 aromatic rings. The van der Waals surface area contributed by atoms with E-state index in [1.54, 1.807) is 16.2 Å². The highest BCUT2D eigenvalue weighted by Crippen LogP contribution is 2.35. The van der Waals surface area contributed by atoms with Gasteiger partial charge in [0.25, 0.3) is 5.91 Å². The Labute approximate surface area is 186 Å². The fourth-order valence-electron chi connectivity index (χ4n) is 3.61. The van der Waals surface area contributed by atoms with Crippen LogP contribution in [0.15, 0.2) is 36.8 Å². The molecule has 0 unspecified atom stereocenters. The summed E-state index contributed by atoms with van der Waals surface area (Å²) in [5.41, 5.74) is 0.780. The second-order valence-corrected chi connectivity index (χ2v) is 8.97. The SMILES string of the molecule is Cc1sc(-n2cccc2)c(C(=O)N2CCN(c3ncc(C(F)(F)F)cc3Cl)CC2)c1C. The molecule has 0 atom stereocenters. The first-order valence-corrected chi connectivity index (χ1v) is 10.9. The number of carbonyl (C=O) groups excluding carboxylic acids is 1. The zero-order chi connectivity index (χ0) is 22.3. The molecule has 5 nitrogen and oxygen atoms in total. The number of pyridine rings is 1. The highest BCUT2D eigenvalue weighted by molar-refractivity contribution is 7.15. The maximum Gasteiger partial charge on any atom is 0.417 e. The number of anilines is 1. The Morgan fingerprint density at radius 1 is 1.13 bits per heavy atom. The Kier molecular flexibility index (Phi) is 5.74. The third kappa shape index (κ3) is 4.16. The largest absolute Gasteiger partial charge is 0.417 e. The molecule has 1 aliphatic heterocycles. The van der Waals surface area contributed by atoms with Gasteiger partial charge in [-0.1, -0.05) is 11.6 Å². The Bertz CT molecular complexity index is 1100. The molecule has 1 aliphatic rings. The third-order valence-electron chi connectivity index (χ3n) is 5.44. The number of aromatic nitrogens is 2. The van der Waals surface area contributed by atoms with Gasteiger partial charge in [0.2, 0.25) is 0 Å². The highest BCUT2D eigenvalue weighted by Gasteiger charge is 2.33. The van der Waals surface area contributed by atoms with E-state index in [9.17, 15) is 18.0 Å². The average molecular weight is 469 g/mol. The number of rotatable bonds is 3. The summed E-state index contributed by atoms with van der Waals surface area (Å²) in [6.07, 6.45) is 0.128. The Morgan fingerprint density at radius 2 is 1.77 bits per heavy atom. The van der Waals surface area contributed by atoms with Crippen LogP contribution in [-0.4, -0.2) is 46.5 Å².